The van der Waals surface area contributed by atoms with Crippen LogP contribution in [0.4, 0.5) is 0 Å². The fourth-order valence-electron chi connectivity index (χ4n) is 1.41. The molecule has 0 amide bonds. The molecule has 0 aliphatic heterocycles. The average molecular weight is 281 g/mol. The van der Waals surface area contributed by atoms with Crippen molar-refractivity contribution in [3.63, 3.8) is 0 Å². The predicted molar refractivity (Wildman–Crippen MR) is 66.6 cm³/mol. The van der Waals surface area contributed by atoms with Crippen molar-refractivity contribution >= 4 is 33.0 Å². The molecule has 15 heavy (non-hydrogen) atoms. The molecule has 0 saturated carbocycles. The van der Waals surface area contributed by atoms with Gasteiger partial charge in [0.15, 0.2) is 5.78 Å². The van der Waals surface area contributed by atoms with Crippen molar-refractivity contribution in [1.29, 1.82) is 0 Å². The molecule has 0 N–H and O–H groups in total. The summed E-state index contributed by atoms with van der Waals surface area (Å²) >= 11 is 4.96. The van der Waals surface area contributed by atoms with Crippen LogP contribution in [-0.2, 0) is 0 Å². The van der Waals surface area contributed by atoms with Crippen LogP contribution in [0.1, 0.15) is 20.8 Å². The van der Waals surface area contributed by atoms with E-state index >= 15 is 0 Å². The average Bonchev–Trinajstić information content (AvgIpc) is 2.63. The van der Waals surface area contributed by atoms with Gasteiger partial charge in [-0.05, 0) is 30.5 Å². The first-order chi connectivity index (χ1) is 7.18. The van der Waals surface area contributed by atoms with Crippen LogP contribution in [0, 0.1) is 6.92 Å². The molecular weight excluding hydrogens is 272 g/mol. The second-order valence-electron chi connectivity index (χ2n) is 3.23. The summed E-state index contributed by atoms with van der Waals surface area (Å²) in [6, 6.07) is 9.35. The van der Waals surface area contributed by atoms with Gasteiger partial charge in [-0.15, -0.1) is 11.3 Å². The highest BCUT2D eigenvalue weighted by Gasteiger charge is 2.12. The van der Waals surface area contributed by atoms with E-state index in [1.165, 1.54) is 0 Å². The first-order valence-electron chi connectivity index (χ1n) is 4.53. The maximum absolute atomic E-state index is 12.1. The van der Waals surface area contributed by atoms with Gasteiger partial charge in [-0.1, -0.05) is 28.1 Å². The minimum atomic E-state index is 0.0926. The summed E-state index contributed by atoms with van der Waals surface area (Å²) < 4.78 is 0.932. The normalized spacial score (nSPS) is 10.3. The number of thiophene rings is 1. The summed E-state index contributed by atoms with van der Waals surface area (Å²) in [6.45, 7) is 1.97. The zero-order chi connectivity index (χ0) is 10.8. The van der Waals surface area contributed by atoms with Gasteiger partial charge in [-0.3, -0.25) is 4.79 Å². The molecule has 0 atom stereocenters. The van der Waals surface area contributed by atoms with Crippen molar-refractivity contribution in [1.82, 2.24) is 0 Å². The summed E-state index contributed by atoms with van der Waals surface area (Å²) in [5.41, 5.74) is 1.53. The smallest absolute Gasteiger partial charge is 0.194 e. The highest BCUT2D eigenvalue weighted by Crippen LogP contribution is 2.20. The number of ketones is 1. The molecule has 1 nitrogen and oxygen atoms in total. The topological polar surface area (TPSA) is 17.1 Å². The molecule has 3 heteroatoms. The lowest BCUT2D eigenvalue weighted by Gasteiger charge is -2.00. The van der Waals surface area contributed by atoms with Gasteiger partial charge in [0.2, 0.25) is 0 Å². The minimum Gasteiger partial charge on any atom is -0.289 e. The van der Waals surface area contributed by atoms with E-state index in [0.29, 0.717) is 0 Å². The third kappa shape index (κ3) is 2.19. The highest BCUT2D eigenvalue weighted by molar-refractivity contribution is 9.10. The Morgan fingerprint density at radius 2 is 2.13 bits per heavy atom. The molecule has 0 fully saturated rings. The molecule has 0 bridgehead atoms. The Hall–Kier alpha value is -0.930. The van der Waals surface area contributed by atoms with Crippen LogP contribution in [0.5, 0.6) is 0 Å². The quantitative estimate of drug-likeness (QED) is 0.759. The lowest BCUT2D eigenvalue weighted by molar-refractivity contribution is 0.103. The SMILES string of the molecule is Cc1sccc1C(=O)c1cccc(Br)c1. The largest absolute Gasteiger partial charge is 0.289 e. The number of benzene rings is 1. The Labute approximate surface area is 101 Å². The Morgan fingerprint density at radius 3 is 2.73 bits per heavy atom. The third-order valence-corrected chi connectivity index (χ3v) is 3.53. The second-order valence-corrected chi connectivity index (χ2v) is 5.27. The summed E-state index contributed by atoms with van der Waals surface area (Å²) in [6.07, 6.45) is 0. The van der Waals surface area contributed by atoms with Gasteiger partial charge in [0, 0.05) is 20.5 Å². The van der Waals surface area contributed by atoms with Crippen molar-refractivity contribution in [3.8, 4) is 0 Å². The second kappa shape index (κ2) is 4.29. The summed E-state index contributed by atoms with van der Waals surface area (Å²) in [4.78, 5) is 13.1. The lowest BCUT2D eigenvalue weighted by atomic mass is 10.0. The molecule has 2 aromatic rings. The van der Waals surface area contributed by atoms with Crippen molar-refractivity contribution in [2.24, 2.45) is 0 Å². The van der Waals surface area contributed by atoms with Crippen LogP contribution in [-0.4, -0.2) is 5.78 Å². The molecular formula is C12H9BrOS. The number of carbonyl (C=O) groups is 1. The maximum atomic E-state index is 12.1. The molecule has 0 radical (unpaired) electrons. The first kappa shape index (κ1) is 10.6. The van der Waals surface area contributed by atoms with E-state index in [4.69, 9.17) is 0 Å². The van der Waals surface area contributed by atoms with E-state index in [2.05, 4.69) is 15.9 Å². The number of rotatable bonds is 2. The van der Waals surface area contributed by atoms with E-state index in [9.17, 15) is 4.79 Å². The number of aryl methyl sites for hydroxylation is 1. The molecule has 0 aliphatic rings. The van der Waals surface area contributed by atoms with Gasteiger partial charge in [0.25, 0.3) is 0 Å². The fourth-order valence-corrected chi connectivity index (χ4v) is 2.50. The molecule has 1 aromatic heterocycles. The summed E-state index contributed by atoms with van der Waals surface area (Å²) in [7, 11) is 0. The fraction of sp³-hybridized carbons (Fsp3) is 0.0833. The van der Waals surface area contributed by atoms with Crippen LogP contribution in [0.15, 0.2) is 40.2 Å². The Bertz CT molecular complexity index is 502. The van der Waals surface area contributed by atoms with E-state index < -0.39 is 0 Å². The van der Waals surface area contributed by atoms with Crippen LogP contribution in [0.2, 0.25) is 0 Å². The van der Waals surface area contributed by atoms with Crippen molar-refractivity contribution < 1.29 is 4.79 Å². The van der Waals surface area contributed by atoms with Crippen molar-refractivity contribution in [2.45, 2.75) is 6.92 Å². The van der Waals surface area contributed by atoms with Gasteiger partial charge in [-0.2, -0.15) is 0 Å². The number of hydrogen-bond donors (Lipinski definition) is 0. The van der Waals surface area contributed by atoms with Gasteiger partial charge < -0.3 is 0 Å². The third-order valence-electron chi connectivity index (χ3n) is 2.19. The number of hydrogen-bond acceptors (Lipinski definition) is 2. The zero-order valence-electron chi connectivity index (χ0n) is 8.16. The van der Waals surface area contributed by atoms with Gasteiger partial charge >= 0.3 is 0 Å². The molecule has 2 rings (SSSR count). The van der Waals surface area contributed by atoms with E-state index in [1.54, 1.807) is 11.3 Å². The lowest BCUT2D eigenvalue weighted by Crippen LogP contribution is -2.00. The molecule has 0 aliphatic carbocycles. The number of halogens is 1. The van der Waals surface area contributed by atoms with Crippen LogP contribution < -0.4 is 0 Å². The maximum Gasteiger partial charge on any atom is 0.194 e. The van der Waals surface area contributed by atoms with Crippen LogP contribution in [0.3, 0.4) is 0 Å². The highest BCUT2D eigenvalue weighted by atomic mass is 79.9. The summed E-state index contributed by atoms with van der Waals surface area (Å²) in [5.74, 6) is 0.0926. The van der Waals surface area contributed by atoms with Gasteiger partial charge in [-0.25, -0.2) is 0 Å². The molecule has 0 spiro atoms. The Balaban J connectivity index is 2.41. The van der Waals surface area contributed by atoms with Crippen molar-refractivity contribution in [3.05, 3.63) is 56.2 Å². The van der Waals surface area contributed by atoms with Gasteiger partial charge in [0.1, 0.15) is 0 Å². The predicted octanol–water partition coefficient (Wildman–Crippen LogP) is 4.05. The molecule has 1 aromatic carbocycles. The first-order valence-corrected chi connectivity index (χ1v) is 6.20. The minimum absolute atomic E-state index is 0.0926. The number of carbonyl (C=O) groups excluding carboxylic acids is 1. The van der Waals surface area contributed by atoms with Crippen LogP contribution >= 0.6 is 27.3 Å². The van der Waals surface area contributed by atoms with E-state index in [1.807, 2.05) is 42.6 Å². The molecule has 76 valence electrons. The molecule has 0 unspecified atom stereocenters. The standard InChI is InChI=1S/C12H9BrOS/c1-8-11(5-6-15-8)12(14)9-3-2-4-10(13)7-9/h2-7H,1H3. The van der Waals surface area contributed by atoms with E-state index in [0.717, 1.165) is 20.5 Å². The Kier molecular flexibility index (Phi) is 3.03. The molecule has 0 saturated heterocycles. The monoisotopic (exact) mass is 280 g/mol. The van der Waals surface area contributed by atoms with Gasteiger partial charge in [0.05, 0.1) is 0 Å². The summed E-state index contributed by atoms with van der Waals surface area (Å²) in [5, 5.41) is 1.94. The van der Waals surface area contributed by atoms with E-state index in [-0.39, 0.29) is 5.78 Å². The van der Waals surface area contributed by atoms with Crippen molar-refractivity contribution in [2.75, 3.05) is 0 Å². The van der Waals surface area contributed by atoms with Crippen LogP contribution in [0.25, 0.3) is 0 Å². The molecule has 1 heterocycles. The zero-order valence-corrected chi connectivity index (χ0v) is 10.6. The Morgan fingerprint density at radius 1 is 1.33 bits per heavy atom.